The molecule has 1 atom stereocenters. The van der Waals surface area contributed by atoms with Crippen molar-refractivity contribution in [3.63, 3.8) is 0 Å². The number of hydrogen-bond donors (Lipinski definition) is 1. The smallest absolute Gasteiger partial charge is 0.345 e. The number of nitro groups is 1. The second kappa shape index (κ2) is 12.4. The number of carbonyl (C=O) groups excluding carboxylic acids is 2. The van der Waals surface area contributed by atoms with Crippen molar-refractivity contribution in [3.05, 3.63) is 90.1 Å². The van der Waals surface area contributed by atoms with Gasteiger partial charge in [-0.2, -0.15) is 0 Å². The third-order valence-electron chi connectivity index (χ3n) is 7.17. The van der Waals surface area contributed by atoms with E-state index >= 15 is 0 Å². The first-order chi connectivity index (χ1) is 20.6. The number of carbonyl (C=O) groups is 2. The first kappa shape index (κ1) is 30.0. The van der Waals surface area contributed by atoms with Gasteiger partial charge in [0.2, 0.25) is 0 Å². The molecule has 2 aliphatic heterocycles. The fraction of sp³-hybridized carbons (Fsp3) is 0.296. The van der Waals surface area contributed by atoms with Crippen LogP contribution < -0.4 is 10.2 Å². The van der Waals surface area contributed by atoms with E-state index in [-0.39, 0.29) is 22.6 Å². The molecule has 2 aliphatic rings. The summed E-state index contributed by atoms with van der Waals surface area (Å²) in [5.74, 6) is -3.58. The lowest BCUT2D eigenvalue weighted by Gasteiger charge is -2.37. The molecule has 5 rings (SSSR count). The van der Waals surface area contributed by atoms with E-state index in [1.807, 2.05) is 4.90 Å². The number of aliphatic imine (C=N–C) groups is 1. The molecule has 43 heavy (non-hydrogen) atoms. The van der Waals surface area contributed by atoms with Crippen LogP contribution in [0.5, 0.6) is 0 Å². The number of anilines is 1. The number of rotatable bonds is 7. The highest BCUT2D eigenvalue weighted by molar-refractivity contribution is 7.11. The van der Waals surface area contributed by atoms with Crippen molar-refractivity contribution in [3.8, 4) is 0 Å². The highest BCUT2D eigenvalue weighted by atomic mass is 35.5. The van der Waals surface area contributed by atoms with Gasteiger partial charge >= 0.3 is 17.6 Å². The molecule has 1 fully saturated rings. The molecule has 12 nitrogen and oxygen atoms in total. The number of hydrogen-bond acceptors (Lipinski definition) is 12. The number of nitrogens with one attached hydrogen (secondary N) is 1. The molecule has 1 saturated heterocycles. The molecule has 0 aliphatic carbocycles. The molecule has 224 valence electrons. The summed E-state index contributed by atoms with van der Waals surface area (Å²) in [7, 11) is 2.34. The number of amidine groups is 1. The molecule has 0 saturated carbocycles. The number of nitrogens with zero attached hydrogens (tertiary/aromatic N) is 5. The summed E-state index contributed by atoms with van der Waals surface area (Å²) < 4.78 is 38.3. The Morgan fingerprint density at radius 1 is 1.16 bits per heavy atom. The van der Waals surface area contributed by atoms with Crippen molar-refractivity contribution in [2.75, 3.05) is 32.2 Å². The Balaban J connectivity index is 1.51. The van der Waals surface area contributed by atoms with Gasteiger partial charge in [0.25, 0.3) is 0 Å². The fourth-order valence-electron chi connectivity index (χ4n) is 5.07. The molecule has 0 bridgehead atoms. The van der Waals surface area contributed by atoms with Crippen LogP contribution in [0.4, 0.5) is 20.3 Å². The Kier molecular flexibility index (Phi) is 8.64. The Bertz CT molecular complexity index is 1660. The lowest BCUT2D eigenvalue weighted by Crippen LogP contribution is -2.41. The van der Waals surface area contributed by atoms with Gasteiger partial charge in [-0.1, -0.05) is 17.7 Å². The van der Waals surface area contributed by atoms with Crippen molar-refractivity contribution in [1.82, 2.24) is 15.3 Å². The van der Waals surface area contributed by atoms with E-state index in [9.17, 15) is 28.5 Å². The van der Waals surface area contributed by atoms with E-state index in [0.29, 0.717) is 48.3 Å². The van der Waals surface area contributed by atoms with E-state index in [1.165, 1.54) is 30.6 Å². The van der Waals surface area contributed by atoms with Crippen LogP contribution in [0.1, 0.15) is 39.8 Å². The SMILES string of the molecule is COC(=O)C1=C(C2CCN(c3cc(C(=O)OC)c([N+](=O)[O-])cn3)CC2)NC(c2nccs2)=NC1c1ccc(F)c(F)c1Cl. The number of piperidine rings is 1. The minimum absolute atomic E-state index is 0.0804. The van der Waals surface area contributed by atoms with Crippen molar-refractivity contribution >= 4 is 52.2 Å². The van der Waals surface area contributed by atoms with Crippen molar-refractivity contribution in [2.24, 2.45) is 10.9 Å². The molecule has 16 heteroatoms. The van der Waals surface area contributed by atoms with E-state index in [0.717, 1.165) is 19.4 Å². The Morgan fingerprint density at radius 3 is 2.51 bits per heavy atom. The summed E-state index contributed by atoms with van der Waals surface area (Å²) in [5, 5.41) is 16.4. The van der Waals surface area contributed by atoms with Gasteiger partial charge in [0.15, 0.2) is 22.5 Å². The number of halogens is 3. The molecular formula is C27H23ClF2N6O6S. The highest BCUT2D eigenvalue weighted by Gasteiger charge is 2.38. The predicted molar refractivity (Wildman–Crippen MR) is 152 cm³/mol. The van der Waals surface area contributed by atoms with E-state index in [2.05, 4.69) is 20.3 Å². The van der Waals surface area contributed by atoms with Crippen LogP contribution in [0.3, 0.4) is 0 Å². The van der Waals surface area contributed by atoms with Gasteiger partial charge in [-0.15, -0.1) is 11.3 Å². The summed E-state index contributed by atoms with van der Waals surface area (Å²) in [4.78, 5) is 51.1. The van der Waals surface area contributed by atoms with Gasteiger partial charge < -0.3 is 19.7 Å². The largest absolute Gasteiger partial charge is 0.466 e. The van der Waals surface area contributed by atoms with E-state index < -0.39 is 45.2 Å². The second-order valence-electron chi connectivity index (χ2n) is 9.50. The van der Waals surface area contributed by atoms with Gasteiger partial charge in [0.1, 0.15) is 23.6 Å². The number of methoxy groups -OCH3 is 2. The number of allylic oxidation sites excluding steroid dienone is 1. The standard InChI is InChI=1S/C27H23ClF2N6O6S/c1-41-26(37)15-11-18(32-12-17(15)36(39)40)35-8-5-13(6-9-35)22-19(27(38)42-2)23(14-3-4-16(29)21(30)20(14)28)34-24(33-22)25-31-7-10-43-25/h3-4,7,10-13,23H,5-6,8-9H2,1-2H3,(H,33,34). The van der Waals surface area contributed by atoms with Crippen LogP contribution in [-0.4, -0.2) is 60.0 Å². The number of aromatic nitrogens is 2. The lowest BCUT2D eigenvalue weighted by atomic mass is 9.85. The maximum Gasteiger partial charge on any atom is 0.345 e. The quantitative estimate of drug-likeness (QED) is 0.169. The lowest BCUT2D eigenvalue weighted by molar-refractivity contribution is -0.385. The zero-order valence-electron chi connectivity index (χ0n) is 22.7. The zero-order chi connectivity index (χ0) is 30.8. The monoisotopic (exact) mass is 632 g/mol. The summed E-state index contributed by atoms with van der Waals surface area (Å²) >= 11 is 7.53. The Hall–Kier alpha value is -4.50. The fourth-order valence-corrected chi connectivity index (χ4v) is 5.92. The van der Waals surface area contributed by atoms with Crippen LogP contribution in [0, 0.1) is 27.7 Å². The van der Waals surface area contributed by atoms with Crippen LogP contribution in [-0.2, 0) is 14.3 Å². The molecule has 1 unspecified atom stereocenters. The topological polar surface area (TPSA) is 149 Å². The minimum Gasteiger partial charge on any atom is -0.466 e. The van der Waals surface area contributed by atoms with Crippen molar-refractivity contribution in [2.45, 2.75) is 18.9 Å². The Morgan fingerprint density at radius 2 is 1.88 bits per heavy atom. The number of benzene rings is 1. The molecular weight excluding hydrogens is 610 g/mol. The first-order valence-electron chi connectivity index (χ1n) is 12.8. The molecule has 0 spiro atoms. The molecule has 3 aromatic rings. The summed E-state index contributed by atoms with van der Waals surface area (Å²) in [5.41, 5.74) is -0.0441. The average molecular weight is 633 g/mol. The summed E-state index contributed by atoms with van der Waals surface area (Å²) in [6, 6.07) is 2.39. The first-order valence-corrected chi connectivity index (χ1v) is 14.1. The van der Waals surface area contributed by atoms with Gasteiger partial charge in [-0.25, -0.2) is 28.3 Å². The number of esters is 2. The second-order valence-corrected chi connectivity index (χ2v) is 10.8. The van der Waals surface area contributed by atoms with Gasteiger partial charge in [-0.3, -0.25) is 15.1 Å². The molecule has 4 heterocycles. The Labute approximate surface area is 252 Å². The molecule has 2 aromatic heterocycles. The van der Waals surface area contributed by atoms with Crippen molar-refractivity contribution < 1.29 is 32.8 Å². The van der Waals surface area contributed by atoms with E-state index in [1.54, 1.807) is 11.6 Å². The molecule has 1 aromatic carbocycles. The highest BCUT2D eigenvalue weighted by Crippen LogP contribution is 2.41. The van der Waals surface area contributed by atoms with Gasteiger partial charge in [0.05, 0.1) is 29.7 Å². The number of ether oxygens (including phenoxy) is 2. The minimum atomic E-state index is -1.26. The van der Waals surface area contributed by atoms with Crippen LogP contribution in [0.15, 0.2) is 52.2 Å². The van der Waals surface area contributed by atoms with Crippen LogP contribution in [0.25, 0.3) is 0 Å². The molecule has 0 radical (unpaired) electrons. The van der Waals surface area contributed by atoms with Gasteiger partial charge in [-0.05, 0) is 18.9 Å². The maximum atomic E-state index is 14.6. The number of thiazole rings is 1. The molecule has 1 N–H and O–H groups in total. The zero-order valence-corrected chi connectivity index (χ0v) is 24.2. The average Bonchev–Trinajstić information content (AvgIpc) is 3.57. The van der Waals surface area contributed by atoms with E-state index in [4.69, 9.17) is 21.1 Å². The molecule has 0 amide bonds. The van der Waals surface area contributed by atoms with Gasteiger partial charge in [0, 0.05) is 47.9 Å². The summed E-state index contributed by atoms with van der Waals surface area (Å²) in [6.45, 7) is 0.798. The predicted octanol–water partition coefficient (Wildman–Crippen LogP) is 4.60. The third-order valence-corrected chi connectivity index (χ3v) is 8.34. The number of pyridine rings is 1. The normalized spacial score (nSPS) is 17.3. The van der Waals surface area contributed by atoms with Crippen LogP contribution >= 0.6 is 22.9 Å². The summed E-state index contributed by atoms with van der Waals surface area (Å²) in [6.07, 6.45) is 3.54. The maximum absolute atomic E-state index is 14.6. The van der Waals surface area contributed by atoms with Crippen molar-refractivity contribution in [1.29, 1.82) is 0 Å². The third kappa shape index (κ3) is 5.77. The van der Waals surface area contributed by atoms with Crippen LogP contribution in [0.2, 0.25) is 5.02 Å².